The van der Waals surface area contributed by atoms with E-state index in [0.29, 0.717) is 19.0 Å². The molecule has 1 aromatic rings. The molecule has 2 N–H and O–H groups in total. The van der Waals surface area contributed by atoms with Gasteiger partial charge in [0.2, 0.25) is 0 Å². The lowest BCUT2D eigenvalue weighted by molar-refractivity contribution is 0.0732. The summed E-state index contributed by atoms with van der Waals surface area (Å²) in [6, 6.07) is 3.92. The molecule has 4 heteroatoms. The first kappa shape index (κ1) is 13.7. The molecule has 1 aliphatic heterocycles. The first-order valence-corrected chi connectivity index (χ1v) is 6.72. The average molecular weight is 270 g/mol. The van der Waals surface area contributed by atoms with Crippen LogP contribution in [0, 0.1) is 6.92 Å². The van der Waals surface area contributed by atoms with E-state index in [1.165, 1.54) is 0 Å². The molecule has 0 bridgehead atoms. The Labute approximate surface area is 113 Å². The highest BCUT2D eigenvalue weighted by atomic mass is 35.5. The van der Waals surface area contributed by atoms with Gasteiger partial charge in [-0.25, -0.2) is 0 Å². The smallest absolute Gasteiger partial charge is 0.138 e. The van der Waals surface area contributed by atoms with Gasteiger partial charge in [0.1, 0.15) is 18.0 Å². The summed E-state index contributed by atoms with van der Waals surface area (Å²) in [7, 11) is 0. The molecular weight excluding hydrogens is 250 g/mol. The highest BCUT2D eigenvalue weighted by molar-refractivity contribution is 6.31. The molecule has 18 heavy (non-hydrogen) atoms. The average Bonchev–Trinajstić information content (AvgIpc) is 2.67. The number of β-amino-alcohol motifs (C(OH)–C–C–N with tert-alkyl or cyclic N) is 1. The Morgan fingerprint density at radius 3 is 2.67 bits per heavy atom. The Morgan fingerprint density at radius 1 is 1.39 bits per heavy atom. The molecule has 0 radical (unpaired) electrons. The van der Waals surface area contributed by atoms with E-state index in [-0.39, 0.29) is 6.10 Å². The summed E-state index contributed by atoms with van der Waals surface area (Å²) in [5, 5.41) is 13.6. The number of hydrogen-bond donors (Lipinski definition) is 2. The molecule has 0 aliphatic carbocycles. The summed E-state index contributed by atoms with van der Waals surface area (Å²) >= 11 is 6.22. The second kappa shape index (κ2) is 5.47. The molecule has 0 saturated carbocycles. The maximum atomic E-state index is 9.76. The molecule has 2 rings (SSSR count). The summed E-state index contributed by atoms with van der Waals surface area (Å²) in [5.74, 6) is 1.17. The van der Waals surface area contributed by atoms with Crippen molar-refractivity contribution in [1.82, 2.24) is 5.32 Å². The third-order valence-electron chi connectivity index (χ3n) is 3.32. The summed E-state index contributed by atoms with van der Waals surface area (Å²) in [6.07, 6.45) is -0.618. The van der Waals surface area contributed by atoms with E-state index in [2.05, 4.69) is 19.2 Å². The second-order valence-corrected chi connectivity index (χ2v) is 5.58. The van der Waals surface area contributed by atoms with E-state index in [9.17, 15) is 5.11 Å². The lowest BCUT2D eigenvalue weighted by atomic mass is 10.0. The zero-order chi connectivity index (χ0) is 13.3. The monoisotopic (exact) mass is 269 g/mol. The van der Waals surface area contributed by atoms with Crippen LogP contribution in [0.2, 0.25) is 5.02 Å². The minimum Gasteiger partial charge on any atom is -0.486 e. The van der Waals surface area contributed by atoms with Crippen molar-refractivity contribution >= 4 is 11.6 Å². The number of nitrogens with one attached hydrogen (secondary N) is 1. The van der Waals surface area contributed by atoms with Crippen LogP contribution in [0.15, 0.2) is 12.1 Å². The van der Waals surface area contributed by atoms with Gasteiger partial charge in [0, 0.05) is 18.1 Å². The lowest BCUT2D eigenvalue weighted by Gasteiger charge is -2.20. The summed E-state index contributed by atoms with van der Waals surface area (Å²) in [6.45, 7) is 7.45. The molecule has 2 unspecified atom stereocenters. The number of aliphatic hydroxyl groups excluding tert-OH is 1. The van der Waals surface area contributed by atoms with Gasteiger partial charge in [0.05, 0.1) is 0 Å². The Morgan fingerprint density at radius 2 is 2.11 bits per heavy atom. The van der Waals surface area contributed by atoms with Gasteiger partial charge in [-0.15, -0.1) is 0 Å². The summed E-state index contributed by atoms with van der Waals surface area (Å²) in [4.78, 5) is 0. The maximum Gasteiger partial charge on any atom is 0.138 e. The minimum atomic E-state index is -0.442. The first-order chi connectivity index (χ1) is 8.49. The molecule has 0 spiro atoms. The molecule has 100 valence electrons. The quantitative estimate of drug-likeness (QED) is 0.886. The molecule has 1 saturated heterocycles. The van der Waals surface area contributed by atoms with Gasteiger partial charge in [-0.2, -0.15) is 0 Å². The van der Waals surface area contributed by atoms with E-state index in [4.69, 9.17) is 16.3 Å². The van der Waals surface area contributed by atoms with Crippen molar-refractivity contribution in [3.05, 3.63) is 28.3 Å². The zero-order valence-corrected chi connectivity index (χ0v) is 11.8. The molecule has 1 fully saturated rings. The van der Waals surface area contributed by atoms with Gasteiger partial charge in [-0.05, 0) is 36.1 Å². The van der Waals surface area contributed by atoms with Gasteiger partial charge in [-0.3, -0.25) is 0 Å². The number of benzene rings is 1. The van der Waals surface area contributed by atoms with E-state index in [1.54, 1.807) is 0 Å². The topological polar surface area (TPSA) is 41.5 Å². The molecule has 1 aliphatic rings. The van der Waals surface area contributed by atoms with Crippen molar-refractivity contribution in [2.75, 3.05) is 13.1 Å². The van der Waals surface area contributed by atoms with E-state index >= 15 is 0 Å². The molecule has 1 heterocycles. The van der Waals surface area contributed by atoms with E-state index < -0.39 is 6.10 Å². The van der Waals surface area contributed by atoms with Crippen LogP contribution < -0.4 is 10.1 Å². The lowest BCUT2D eigenvalue weighted by Crippen LogP contribution is -2.30. The molecule has 3 nitrogen and oxygen atoms in total. The maximum absolute atomic E-state index is 9.76. The normalized spacial score (nSPS) is 23.7. The molecular formula is C14H20ClNO2. The van der Waals surface area contributed by atoms with Gasteiger partial charge in [0.25, 0.3) is 0 Å². The second-order valence-electron chi connectivity index (χ2n) is 5.18. The van der Waals surface area contributed by atoms with Crippen LogP contribution in [-0.4, -0.2) is 30.4 Å². The fraction of sp³-hybridized carbons (Fsp3) is 0.571. The SMILES string of the molecule is Cc1cc(Cl)c(C(C)C)cc1OC1CNCC1O. The Balaban J connectivity index is 2.24. The van der Waals surface area contributed by atoms with Crippen LogP contribution in [-0.2, 0) is 0 Å². The highest BCUT2D eigenvalue weighted by Crippen LogP contribution is 2.32. The summed E-state index contributed by atoms with van der Waals surface area (Å²) < 4.78 is 5.89. The van der Waals surface area contributed by atoms with Crippen LogP contribution in [0.3, 0.4) is 0 Å². The van der Waals surface area contributed by atoms with Crippen molar-refractivity contribution in [2.24, 2.45) is 0 Å². The van der Waals surface area contributed by atoms with Crippen LogP contribution in [0.5, 0.6) is 5.75 Å². The third kappa shape index (κ3) is 2.79. The molecule has 2 atom stereocenters. The van der Waals surface area contributed by atoms with Crippen LogP contribution >= 0.6 is 11.6 Å². The largest absolute Gasteiger partial charge is 0.486 e. The van der Waals surface area contributed by atoms with Gasteiger partial charge in [-0.1, -0.05) is 25.4 Å². The number of aryl methyl sites for hydroxylation is 1. The third-order valence-corrected chi connectivity index (χ3v) is 3.65. The standard InChI is InChI=1S/C14H20ClNO2/c1-8(2)10-5-13(9(3)4-11(10)15)18-14-7-16-6-12(14)17/h4-5,8,12,14,16-17H,6-7H2,1-3H3. The van der Waals surface area contributed by atoms with Gasteiger partial charge >= 0.3 is 0 Å². The predicted octanol–water partition coefficient (Wildman–Crippen LogP) is 2.48. The Hall–Kier alpha value is -0.770. The fourth-order valence-electron chi connectivity index (χ4n) is 2.16. The van der Waals surface area contributed by atoms with Crippen molar-refractivity contribution in [2.45, 2.75) is 38.9 Å². The van der Waals surface area contributed by atoms with E-state index in [1.807, 2.05) is 19.1 Å². The number of aliphatic hydroxyl groups is 1. The van der Waals surface area contributed by atoms with Crippen molar-refractivity contribution in [3.8, 4) is 5.75 Å². The zero-order valence-electron chi connectivity index (χ0n) is 11.0. The van der Waals surface area contributed by atoms with Gasteiger partial charge < -0.3 is 15.2 Å². The van der Waals surface area contributed by atoms with Crippen molar-refractivity contribution in [1.29, 1.82) is 0 Å². The highest BCUT2D eigenvalue weighted by Gasteiger charge is 2.27. The molecule has 0 aromatic heterocycles. The number of halogens is 1. The first-order valence-electron chi connectivity index (χ1n) is 6.34. The summed E-state index contributed by atoms with van der Waals surface area (Å²) in [5.41, 5.74) is 2.08. The molecule has 0 amide bonds. The van der Waals surface area contributed by atoms with Crippen LogP contribution in [0.1, 0.15) is 30.9 Å². The Bertz CT molecular complexity index is 434. The van der Waals surface area contributed by atoms with E-state index in [0.717, 1.165) is 21.9 Å². The van der Waals surface area contributed by atoms with Crippen molar-refractivity contribution in [3.63, 3.8) is 0 Å². The molecule has 1 aromatic carbocycles. The van der Waals surface area contributed by atoms with Crippen LogP contribution in [0.4, 0.5) is 0 Å². The fourth-order valence-corrected chi connectivity index (χ4v) is 2.60. The van der Waals surface area contributed by atoms with Gasteiger partial charge in [0.15, 0.2) is 0 Å². The predicted molar refractivity (Wildman–Crippen MR) is 73.6 cm³/mol. The minimum absolute atomic E-state index is 0.176. The Kier molecular flexibility index (Phi) is 4.15. The van der Waals surface area contributed by atoms with Crippen molar-refractivity contribution < 1.29 is 9.84 Å². The number of ether oxygens (including phenoxy) is 1. The van der Waals surface area contributed by atoms with Crippen LogP contribution in [0.25, 0.3) is 0 Å². The number of rotatable bonds is 3. The number of hydrogen-bond acceptors (Lipinski definition) is 3.